The average molecular weight is 1060 g/mol. The minimum absolute atomic E-state index is 0.0473. The van der Waals surface area contributed by atoms with Crippen LogP contribution in [-0.4, -0.2) is 89.2 Å². The van der Waals surface area contributed by atoms with Crippen LogP contribution < -0.4 is 0 Å². The summed E-state index contributed by atoms with van der Waals surface area (Å²) in [6.07, 6.45) is 50.5. The van der Waals surface area contributed by atoms with E-state index in [1.807, 2.05) is 0 Å². The summed E-state index contributed by atoms with van der Waals surface area (Å²) in [5.74, 6) is -3.15. The lowest BCUT2D eigenvalue weighted by Crippen LogP contribution is -2.61. The van der Waals surface area contributed by atoms with Gasteiger partial charge in [0.15, 0.2) is 24.6 Å². The molecule has 0 aromatic carbocycles. The molecule has 0 amide bonds. The maximum absolute atomic E-state index is 13.1. The Morgan fingerprint density at radius 3 is 1.29 bits per heavy atom. The lowest BCUT2D eigenvalue weighted by Gasteiger charge is -2.40. The van der Waals surface area contributed by atoms with Crippen molar-refractivity contribution in [2.45, 2.75) is 302 Å². The average Bonchev–Trinajstić information content (AvgIpc) is 3.39. The van der Waals surface area contributed by atoms with Gasteiger partial charge in [-0.1, -0.05) is 204 Å². The number of aliphatic hydroxyl groups excluding tert-OH is 2. The number of carboxylic acid groups (broad SMARTS) is 1. The summed E-state index contributed by atoms with van der Waals surface area (Å²) >= 11 is 0. The fraction of sp³-hybridized carbons (Fsp3) is 0.778. The predicted molar refractivity (Wildman–Crippen MR) is 303 cm³/mol. The number of carbonyl (C=O) groups is 4. The van der Waals surface area contributed by atoms with E-state index in [0.717, 1.165) is 128 Å². The molecule has 1 fully saturated rings. The van der Waals surface area contributed by atoms with E-state index < -0.39 is 67.3 Å². The number of unbranched alkanes of at least 4 members (excludes halogenated alkanes) is 27. The van der Waals surface area contributed by atoms with Gasteiger partial charge in [-0.3, -0.25) is 14.4 Å². The standard InChI is InChI=1S/C63H108O12/c1-4-7-10-13-16-19-22-24-26-27-28-29-31-32-35-37-40-43-46-49-55(64)71-52-54(73-56(65)50-47-44-41-39-36-33-30-25-23-20-17-14-11-8-5-2)53-72-63-61(59(68)58(67)60(75-63)62(69)70)74-57(66)51-48-45-42-38-34-21-18-15-12-9-6-3/h15-16,18-19,24-26,28-30,54,58-61,63,67-68H,4-14,17,20-23,27,31-53H2,1-3H3,(H,69,70)/b18-15-,19-16-,26-24-,29-28-,30-25-. The number of ether oxygens (including phenoxy) is 5. The van der Waals surface area contributed by atoms with Gasteiger partial charge in [-0.2, -0.15) is 0 Å². The Labute approximate surface area is 456 Å². The second kappa shape index (κ2) is 51.2. The van der Waals surface area contributed by atoms with Crippen molar-refractivity contribution in [3.05, 3.63) is 60.8 Å². The highest BCUT2D eigenvalue weighted by atomic mass is 16.7. The van der Waals surface area contributed by atoms with Crippen molar-refractivity contribution in [2.24, 2.45) is 0 Å². The van der Waals surface area contributed by atoms with Gasteiger partial charge in [-0.05, 0) is 103 Å². The van der Waals surface area contributed by atoms with Gasteiger partial charge in [-0.25, -0.2) is 4.79 Å². The zero-order valence-electron chi connectivity index (χ0n) is 47.5. The number of carboxylic acids is 1. The number of esters is 3. The monoisotopic (exact) mass is 1060 g/mol. The third-order valence-electron chi connectivity index (χ3n) is 13.5. The molecule has 432 valence electrons. The Balaban J connectivity index is 2.68. The van der Waals surface area contributed by atoms with Crippen LogP contribution in [0.15, 0.2) is 60.8 Å². The zero-order valence-corrected chi connectivity index (χ0v) is 47.5. The molecule has 1 rings (SSSR count). The van der Waals surface area contributed by atoms with E-state index in [1.54, 1.807) is 0 Å². The van der Waals surface area contributed by atoms with Gasteiger partial charge >= 0.3 is 23.9 Å². The molecule has 1 heterocycles. The summed E-state index contributed by atoms with van der Waals surface area (Å²) in [7, 11) is 0. The first-order valence-corrected chi connectivity index (χ1v) is 30.3. The molecule has 0 aliphatic carbocycles. The third kappa shape index (κ3) is 41.2. The first-order valence-electron chi connectivity index (χ1n) is 30.3. The van der Waals surface area contributed by atoms with Crippen LogP contribution in [0, 0.1) is 0 Å². The highest BCUT2D eigenvalue weighted by Crippen LogP contribution is 2.26. The van der Waals surface area contributed by atoms with Crippen LogP contribution in [-0.2, 0) is 42.9 Å². The van der Waals surface area contributed by atoms with Gasteiger partial charge < -0.3 is 39.0 Å². The second-order valence-corrected chi connectivity index (χ2v) is 20.6. The van der Waals surface area contributed by atoms with E-state index >= 15 is 0 Å². The van der Waals surface area contributed by atoms with Crippen molar-refractivity contribution in [2.75, 3.05) is 13.2 Å². The van der Waals surface area contributed by atoms with Crippen molar-refractivity contribution in [1.82, 2.24) is 0 Å². The van der Waals surface area contributed by atoms with E-state index in [1.165, 1.54) is 77.0 Å². The largest absolute Gasteiger partial charge is 0.479 e. The summed E-state index contributed by atoms with van der Waals surface area (Å²) in [5, 5.41) is 31.4. The SMILES string of the molecule is CCCC/C=C\CCCCCCCC(=O)OC1C(OCC(COC(=O)CCCCCCCC/C=C\C/C=C\C/C=C\CCCCC)OC(=O)CCCCCCC/C=C\CCCCCCCC)OC(C(=O)O)C(O)C1O. The molecule has 0 radical (unpaired) electrons. The number of aliphatic hydroxyl groups is 2. The first-order chi connectivity index (χ1) is 36.6. The number of carbonyl (C=O) groups excluding carboxylic acids is 3. The molecule has 1 aliphatic heterocycles. The van der Waals surface area contributed by atoms with Gasteiger partial charge in [0, 0.05) is 19.3 Å². The molecule has 1 aliphatic rings. The van der Waals surface area contributed by atoms with Crippen LogP contribution in [0.1, 0.15) is 265 Å². The molecule has 3 N–H and O–H groups in total. The van der Waals surface area contributed by atoms with E-state index in [2.05, 4.69) is 81.5 Å². The minimum atomic E-state index is -1.91. The highest BCUT2D eigenvalue weighted by molar-refractivity contribution is 5.74. The van der Waals surface area contributed by atoms with Crippen molar-refractivity contribution < 1.29 is 58.2 Å². The Morgan fingerprint density at radius 1 is 0.440 bits per heavy atom. The van der Waals surface area contributed by atoms with Gasteiger partial charge in [0.2, 0.25) is 0 Å². The number of allylic oxidation sites excluding steroid dienone is 10. The Hall–Kier alpha value is -3.58. The maximum atomic E-state index is 13.1. The van der Waals surface area contributed by atoms with Crippen LogP contribution in [0.5, 0.6) is 0 Å². The molecule has 1 saturated heterocycles. The Morgan fingerprint density at radius 2 is 0.813 bits per heavy atom. The van der Waals surface area contributed by atoms with Crippen LogP contribution in [0.25, 0.3) is 0 Å². The smallest absolute Gasteiger partial charge is 0.335 e. The lowest BCUT2D eigenvalue weighted by atomic mass is 9.98. The normalized spacial score (nSPS) is 18.5. The fourth-order valence-corrected chi connectivity index (χ4v) is 8.82. The number of aliphatic carboxylic acids is 1. The molecule has 6 unspecified atom stereocenters. The van der Waals surface area contributed by atoms with Crippen LogP contribution >= 0.6 is 0 Å². The number of rotatable bonds is 51. The van der Waals surface area contributed by atoms with Crippen molar-refractivity contribution in [3.8, 4) is 0 Å². The molecular weight excluding hydrogens is 949 g/mol. The van der Waals surface area contributed by atoms with Gasteiger partial charge in [-0.15, -0.1) is 0 Å². The van der Waals surface area contributed by atoms with E-state index in [-0.39, 0.29) is 25.9 Å². The van der Waals surface area contributed by atoms with E-state index in [9.17, 15) is 34.5 Å². The molecule has 12 nitrogen and oxygen atoms in total. The molecule has 0 aromatic rings. The van der Waals surface area contributed by atoms with Gasteiger partial charge in [0.1, 0.15) is 18.8 Å². The van der Waals surface area contributed by atoms with Crippen LogP contribution in [0.2, 0.25) is 0 Å². The fourth-order valence-electron chi connectivity index (χ4n) is 8.82. The molecule has 12 heteroatoms. The number of hydrogen-bond acceptors (Lipinski definition) is 11. The summed E-state index contributed by atoms with van der Waals surface area (Å²) in [5.41, 5.74) is 0. The van der Waals surface area contributed by atoms with Gasteiger partial charge in [0.05, 0.1) is 6.61 Å². The highest BCUT2D eigenvalue weighted by Gasteiger charge is 2.50. The summed E-state index contributed by atoms with van der Waals surface area (Å²) < 4.78 is 28.4. The van der Waals surface area contributed by atoms with Crippen LogP contribution in [0.3, 0.4) is 0 Å². The summed E-state index contributed by atoms with van der Waals surface area (Å²) in [6, 6.07) is 0. The molecule has 0 spiro atoms. The lowest BCUT2D eigenvalue weighted by molar-refractivity contribution is -0.301. The zero-order chi connectivity index (χ0) is 54.7. The molecule has 6 atom stereocenters. The molecule has 75 heavy (non-hydrogen) atoms. The molecule has 0 saturated carbocycles. The predicted octanol–water partition coefficient (Wildman–Crippen LogP) is 15.6. The maximum Gasteiger partial charge on any atom is 0.335 e. The van der Waals surface area contributed by atoms with Crippen LogP contribution in [0.4, 0.5) is 0 Å². The minimum Gasteiger partial charge on any atom is -0.479 e. The van der Waals surface area contributed by atoms with Crippen molar-refractivity contribution >= 4 is 23.9 Å². The molecule has 0 aromatic heterocycles. The molecule has 0 bridgehead atoms. The van der Waals surface area contributed by atoms with Crippen molar-refractivity contribution in [1.29, 1.82) is 0 Å². The molecular formula is C63H108O12. The third-order valence-corrected chi connectivity index (χ3v) is 13.5. The van der Waals surface area contributed by atoms with E-state index in [0.29, 0.717) is 19.3 Å². The Kier molecular flexibility index (Phi) is 47.4. The van der Waals surface area contributed by atoms with E-state index in [4.69, 9.17) is 23.7 Å². The first kappa shape index (κ1) is 69.4. The quantitative estimate of drug-likeness (QED) is 0.0228. The number of hydrogen-bond donors (Lipinski definition) is 3. The summed E-state index contributed by atoms with van der Waals surface area (Å²) in [6.45, 7) is 5.90. The van der Waals surface area contributed by atoms with Gasteiger partial charge in [0.25, 0.3) is 0 Å². The Bertz CT molecular complexity index is 1540. The second-order valence-electron chi connectivity index (χ2n) is 20.6. The van der Waals surface area contributed by atoms with Crippen molar-refractivity contribution in [3.63, 3.8) is 0 Å². The topological polar surface area (TPSA) is 175 Å². The summed E-state index contributed by atoms with van der Waals surface area (Å²) in [4.78, 5) is 51.1.